The van der Waals surface area contributed by atoms with Crippen LogP contribution in [0.25, 0.3) is 0 Å². The van der Waals surface area contributed by atoms with Gasteiger partial charge in [0.2, 0.25) is 0 Å². The molecular weight excluding hydrogens is 573 g/mol. The third-order valence-corrected chi connectivity index (χ3v) is 5.25. The number of ether oxygens (including phenoxy) is 2. The zero-order valence-electron chi connectivity index (χ0n) is 15.7. The summed E-state index contributed by atoms with van der Waals surface area (Å²) in [5, 5.41) is 2.47. The first kappa shape index (κ1) is 23.4. The Kier molecular flexibility index (Phi) is 9.11. The molecule has 2 aromatic rings. The van der Waals surface area contributed by atoms with E-state index in [2.05, 4.69) is 54.7 Å². The number of hydrogen-bond donors (Lipinski definition) is 3. The van der Waals surface area contributed by atoms with Crippen molar-refractivity contribution in [3.05, 3.63) is 55.6 Å². The summed E-state index contributed by atoms with van der Waals surface area (Å²) in [5.74, 6) is 0.515. The van der Waals surface area contributed by atoms with Crippen LogP contribution in [0.15, 0.2) is 40.9 Å². The van der Waals surface area contributed by atoms with E-state index in [4.69, 9.17) is 21.7 Å². The van der Waals surface area contributed by atoms with Crippen LogP contribution < -0.4 is 25.6 Å². The summed E-state index contributed by atoms with van der Waals surface area (Å²) in [7, 11) is 1.56. The molecule has 0 heterocycles. The van der Waals surface area contributed by atoms with Gasteiger partial charge in [-0.2, -0.15) is 0 Å². The molecule has 0 saturated carbocycles. The van der Waals surface area contributed by atoms with Gasteiger partial charge in [-0.15, -0.1) is 0 Å². The van der Waals surface area contributed by atoms with Crippen molar-refractivity contribution >= 4 is 67.7 Å². The summed E-state index contributed by atoms with van der Waals surface area (Å²) in [6.07, 6.45) is 0.885. The first-order valence-electron chi connectivity index (χ1n) is 8.53. The van der Waals surface area contributed by atoms with Gasteiger partial charge >= 0.3 is 0 Å². The van der Waals surface area contributed by atoms with Gasteiger partial charge in [-0.1, -0.05) is 6.92 Å². The van der Waals surface area contributed by atoms with Crippen molar-refractivity contribution in [2.75, 3.05) is 13.7 Å². The highest BCUT2D eigenvalue weighted by Crippen LogP contribution is 2.26. The summed E-state index contributed by atoms with van der Waals surface area (Å²) in [6.45, 7) is 2.60. The minimum absolute atomic E-state index is 0.0333. The lowest BCUT2D eigenvalue weighted by molar-refractivity contribution is 0.0934. The van der Waals surface area contributed by atoms with Crippen molar-refractivity contribution in [3.63, 3.8) is 0 Å². The third-order valence-electron chi connectivity index (χ3n) is 3.59. The maximum absolute atomic E-state index is 12.3. The lowest BCUT2D eigenvalue weighted by Crippen LogP contribution is -2.48. The maximum Gasteiger partial charge on any atom is 0.269 e. The number of carbonyl (C=O) groups excluding carboxylic acids is 2. The van der Waals surface area contributed by atoms with Crippen LogP contribution in [0.5, 0.6) is 11.5 Å². The van der Waals surface area contributed by atoms with E-state index in [-0.39, 0.29) is 5.11 Å². The molecule has 0 spiro atoms. The number of rotatable bonds is 6. The normalized spacial score (nSPS) is 10.1. The second kappa shape index (κ2) is 11.3. The number of methoxy groups -OCH3 is 1. The molecule has 0 unspecified atom stereocenters. The Balaban J connectivity index is 1.90. The monoisotopic (exact) mass is 591 g/mol. The molecule has 0 saturated heterocycles. The maximum atomic E-state index is 12.3. The minimum Gasteiger partial charge on any atom is -0.496 e. The van der Waals surface area contributed by atoms with Gasteiger partial charge in [0, 0.05) is 11.1 Å². The first-order chi connectivity index (χ1) is 13.8. The fourth-order valence-electron chi connectivity index (χ4n) is 2.17. The Morgan fingerprint density at radius 1 is 1.07 bits per heavy atom. The van der Waals surface area contributed by atoms with Crippen LogP contribution >= 0.6 is 50.7 Å². The van der Waals surface area contributed by atoms with E-state index < -0.39 is 11.8 Å². The highest BCUT2D eigenvalue weighted by Gasteiger charge is 2.13. The number of carbonyl (C=O) groups is 2. The van der Waals surface area contributed by atoms with Crippen molar-refractivity contribution in [1.29, 1.82) is 0 Å². The number of thiocarbonyl (C=S) groups is 1. The molecule has 10 heteroatoms. The second-order valence-electron chi connectivity index (χ2n) is 5.71. The average Bonchev–Trinajstić information content (AvgIpc) is 2.70. The lowest BCUT2D eigenvalue weighted by Gasteiger charge is -2.12. The molecule has 2 rings (SSSR count). The Hall–Kier alpha value is -1.92. The van der Waals surface area contributed by atoms with E-state index in [0.717, 1.165) is 9.99 Å². The largest absolute Gasteiger partial charge is 0.496 e. The van der Waals surface area contributed by atoms with E-state index >= 15 is 0 Å². The molecule has 29 heavy (non-hydrogen) atoms. The molecule has 3 N–H and O–H groups in total. The van der Waals surface area contributed by atoms with Crippen molar-refractivity contribution in [2.45, 2.75) is 13.3 Å². The van der Waals surface area contributed by atoms with E-state index in [1.54, 1.807) is 43.5 Å². The van der Waals surface area contributed by atoms with Crippen LogP contribution in [-0.2, 0) is 0 Å². The molecule has 7 nitrogen and oxygen atoms in total. The zero-order chi connectivity index (χ0) is 21.4. The Morgan fingerprint density at radius 2 is 1.72 bits per heavy atom. The Morgan fingerprint density at radius 3 is 2.31 bits per heavy atom. The fraction of sp³-hybridized carbons (Fsp3) is 0.211. The molecule has 0 aromatic heterocycles. The highest BCUT2D eigenvalue weighted by atomic mass is 127. The van der Waals surface area contributed by atoms with Gasteiger partial charge in [0.1, 0.15) is 11.5 Å². The van der Waals surface area contributed by atoms with Crippen molar-refractivity contribution in [3.8, 4) is 11.5 Å². The molecule has 0 radical (unpaired) electrons. The third kappa shape index (κ3) is 6.82. The molecule has 0 aliphatic rings. The van der Waals surface area contributed by atoms with Crippen LogP contribution in [0, 0.1) is 3.57 Å². The minimum atomic E-state index is -0.418. The van der Waals surface area contributed by atoms with Gasteiger partial charge in [0.15, 0.2) is 5.11 Å². The Bertz CT molecular complexity index is 926. The van der Waals surface area contributed by atoms with E-state index in [1.165, 1.54) is 0 Å². The van der Waals surface area contributed by atoms with Crippen LogP contribution in [-0.4, -0.2) is 30.6 Å². The quantitative estimate of drug-likeness (QED) is 0.269. The molecule has 0 aliphatic heterocycles. The van der Waals surface area contributed by atoms with Crippen LogP contribution in [0.1, 0.15) is 34.1 Å². The van der Waals surface area contributed by atoms with Gasteiger partial charge in [-0.3, -0.25) is 25.8 Å². The number of nitrogens with one attached hydrogen (secondary N) is 3. The van der Waals surface area contributed by atoms with Crippen molar-refractivity contribution in [1.82, 2.24) is 16.2 Å². The number of halogens is 2. The molecule has 2 aromatic carbocycles. The summed E-state index contributed by atoms with van der Waals surface area (Å²) >= 11 is 10.5. The van der Waals surface area contributed by atoms with Gasteiger partial charge in [0.25, 0.3) is 11.8 Å². The molecule has 2 amide bonds. The molecule has 0 aliphatic carbocycles. The van der Waals surface area contributed by atoms with E-state index in [0.29, 0.717) is 33.7 Å². The second-order valence-corrected chi connectivity index (χ2v) is 8.13. The SMILES string of the molecule is CCCOc1ccc(C(=O)NC(=S)NNC(=O)c2ccc(OC)c(I)c2)cc1Br. The number of hydrogen-bond acceptors (Lipinski definition) is 5. The summed E-state index contributed by atoms with van der Waals surface area (Å²) in [6, 6.07) is 9.98. The molecule has 0 bridgehead atoms. The predicted octanol–water partition coefficient (Wildman–Crippen LogP) is 3.80. The zero-order valence-corrected chi connectivity index (χ0v) is 20.2. The van der Waals surface area contributed by atoms with Gasteiger partial charge < -0.3 is 9.47 Å². The van der Waals surface area contributed by atoms with Crippen molar-refractivity contribution in [2.24, 2.45) is 0 Å². The summed E-state index contributed by atoms with van der Waals surface area (Å²) in [4.78, 5) is 24.5. The molecule has 0 atom stereocenters. The van der Waals surface area contributed by atoms with E-state index in [1.807, 2.05) is 6.92 Å². The van der Waals surface area contributed by atoms with Crippen LogP contribution in [0.4, 0.5) is 0 Å². The highest BCUT2D eigenvalue weighted by molar-refractivity contribution is 14.1. The predicted molar refractivity (Wildman–Crippen MR) is 126 cm³/mol. The van der Waals surface area contributed by atoms with Gasteiger partial charge in [-0.05, 0) is 93.6 Å². The van der Waals surface area contributed by atoms with Gasteiger partial charge in [-0.25, -0.2) is 0 Å². The topological polar surface area (TPSA) is 88.7 Å². The lowest BCUT2D eigenvalue weighted by atomic mass is 10.2. The fourth-order valence-corrected chi connectivity index (χ4v) is 3.54. The Labute approximate surface area is 196 Å². The summed E-state index contributed by atoms with van der Waals surface area (Å²) in [5.41, 5.74) is 5.77. The summed E-state index contributed by atoms with van der Waals surface area (Å²) < 4.78 is 12.2. The van der Waals surface area contributed by atoms with Crippen LogP contribution in [0.3, 0.4) is 0 Å². The molecule has 0 fully saturated rings. The molecule has 154 valence electrons. The number of hydrazine groups is 1. The first-order valence-corrected chi connectivity index (χ1v) is 10.8. The van der Waals surface area contributed by atoms with Crippen LogP contribution in [0.2, 0.25) is 0 Å². The standard InChI is InChI=1S/C19H19BrIN3O4S/c1-3-8-28-15-6-4-11(9-13(15)20)17(25)22-19(29)24-23-18(26)12-5-7-16(27-2)14(21)10-12/h4-7,9-10H,3,8H2,1-2H3,(H,23,26)(H2,22,24,25,29). The van der Waals surface area contributed by atoms with Crippen molar-refractivity contribution < 1.29 is 19.1 Å². The van der Waals surface area contributed by atoms with E-state index in [9.17, 15) is 9.59 Å². The smallest absolute Gasteiger partial charge is 0.269 e. The number of amides is 2. The number of benzene rings is 2. The molecular formula is C19H19BrIN3O4S. The van der Waals surface area contributed by atoms with Gasteiger partial charge in [0.05, 0.1) is 21.8 Å². The average molecular weight is 592 g/mol.